The van der Waals surface area contributed by atoms with Gasteiger partial charge in [-0.25, -0.2) is 0 Å². The number of hydrogen-bond acceptors (Lipinski definition) is 4. The molecule has 0 bridgehead atoms. The maximum Gasteiger partial charge on any atom is 0.251 e. The first-order valence-corrected chi connectivity index (χ1v) is 8.92. The lowest BCUT2D eigenvalue weighted by Gasteiger charge is -2.19. The number of nitrogens with one attached hydrogen (secondary N) is 1. The Hall–Kier alpha value is -3.02. The van der Waals surface area contributed by atoms with Crippen LogP contribution in [0, 0.1) is 0 Å². The minimum absolute atomic E-state index is 0.0433. The molecule has 2 rings (SSSR count). The number of amides is 2. The van der Waals surface area contributed by atoms with E-state index in [0.717, 1.165) is 11.3 Å². The van der Waals surface area contributed by atoms with E-state index in [1.165, 1.54) is 0 Å². The molecule has 0 aliphatic carbocycles. The van der Waals surface area contributed by atoms with Crippen LogP contribution in [0.2, 0.25) is 0 Å². The molecule has 0 atom stereocenters. The third kappa shape index (κ3) is 6.02. The molecule has 0 saturated carbocycles. The number of carbonyl (C=O) groups excluding carboxylic acids is 2. The van der Waals surface area contributed by atoms with Crippen LogP contribution in [0.5, 0.6) is 5.75 Å². The number of anilines is 1. The van der Waals surface area contributed by atoms with Gasteiger partial charge in [0.25, 0.3) is 5.91 Å². The molecule has 2 amide bonds. The molecule has 0 heterocycles. The van der Waals surface area contributed by atoms with Crippen LogP contribution >= 0.6 is 0 Å². The predicted molar refractivity (Wildman–Crippen MR) is 107 cm³/mol. The minimum atomic E-state index is -0.282. The normalized spacial score (nSPS) is 10.2. The summed E-state index contributed by atoms with van der Waals surface area (Å²) in [5.74, 6) is 0.284. The first-order chi connectivity index (χ1) is 12.9. The van der Waals surface area contributed by atoms with Crippen molar-refractivity contribution in [2.75, 3.05) is 39.2 Å². The highest BCUT2D eigenvalue weighted by Gasteiger charge is 2.12. The van der Waals surface area contributed by atoms with Crippen LogP contribution in [0.3, 0.4) is 0 Å². The number of nitrogens with zero attached hydrogens (tertiary/aromatic N) is 2. The third-order valence-electron chi connectivity index (χ3n) is 4.13. The van der Waals surface area contributed by atoms with Gasteiger partial charge in [0, 0.05) is 38.9 Å². The Kier molecular flexibility index (Phi) is 7.23. The van der Waals surface area contributed by atoms with Crippen LogP contribution < -0.4 is 15.0 Å². The summed E-state index contributed by atoms with van der Waals surface area (Å²) in [6, 6.07) is 14.9. The fourth-order valence-corrected chi connectivity index (χ4v) is 2.52. The number of likely N-dealkylation sites (N-methyl/N-ethyl adjacent to an activating group) is 1. The molecule has 0 saturated heterocycles. The molecule has 6 heteroatoms. The lowest BCUT2D eigenvalue weighted by Crippen LogP contribution is -2.37. The van der Waals surface area contributed by atoms with Gasteiger partial charge in [-0.15, -0.1) is 0 Å². The Bertz CT molecular complexity index is 755. The summed E-state index contributed by atoms with van der Waals surface area (Å²) in [4.78, 5) is 28.1. The average Bonchev–Trinajstić information content (AvgIpc) is 2.67. The van der Waals surface area contributed by atoms with Crippen LogP contribution in [0.4, 0.5) is 5.69 Å². The van der Waals surface area contributed by atoms with Crippen molar-refractivity contribution in [1.29, 1.82) is 0 Å². The molecule has 0 spiro atoms. The Morgan fingerprint density at radius 1 is 0.963 bits per heavy atom. The van der Waals surface area contributed by atoms with Crippen LogP contribution in [0.15, 0.2) is 48.5 Å². The molecule has 0 aliphatic rings. The molecule has 0 radical (unpaired) electrons. The van der Waals surface area contributed by atoms with E-state index in [-0.39, 0.29) is 18.4 Å². The van der Waals surface area contributed by atoms with E-state index in [2.05, 4.69) is 5.32 Å². The summed E-state index contributed by atoms with van der Waals surface area (Å²) >= 11 is 0. The van der Waals surface area contributed by atoms with Gasteiger partial charge in [-0.05, 0) is 48.9 Å². The number of benzene rings is 2. The summed E-state index contributed by atoms with van der Waals surface area (Å²) < 4.78 is 5.35. The fraction of sp³-hybridized carbons (Fsp3) is 0.333. The summed E-state index contributed by atoms with van der Waals surface area (Å²) in [6.07, 6.45) is 0. The number of carbonyl (C=O) groups is 2. The van der Waals surface area contributed by atoms with Crippen molar-refractivity contribution < 1.29 is 14.3 Å². The molecule has 0 aliphatic heterocycles. The average molecular weight is 369 g/mol. The summed E-state index contributed by atoms with van der Waals surface area (Å²) in [5.41, 5.74) is 2.64. The third-order valence-corrected chi connectivity index (χ3v) is 4.13. The standard InChI is InChI=1S/C21H27N3O3/c1-5-27-19-12-8-17(9-13-19)21(26)22-14-20(25)24(4)15-16-6-10-18(11-7-16)23(2)3/h6-13H,5,14-15H2,1-4H3,(H,22,26). The number of hydrogen-bond donors (Lipinski definition) is 1. The topological polar surface area (TPSA) is 61.9 Å². The molecule has 1 N–H and O–H groups in total. The van der Waals surface area contributed by atoms with Crippen molar-refractivity contribution in [3.05, 3.63) is 59.7 Å². The summed E-state index contributed by atoms with van der Waals surface area (Å²) in [7, 11) is 5.70. The first kappa shape index (κ1) is 20.3. The van der Waals surface area contributed by atoms with Crippen molar-refractivity contribution in [3.8, 4) is 5.75 Å². The quantitative estimate of drug-likeness (QED) is 0.777. The van der Waals surface area contributed by atoms with E-state index in [1.807, 2.05) is 50.2 Å². The van der Waals surface area contributed by atoms with Gasteiger partial charge in [-0.1, -0.05) is 12.1 Å². The summed E-state index contributed by atoms with van der Waals surface area (Å²) in [5, 5.41) is 2.66. The molecule has 6 nitrogen and oxygen atoms in total. The molecule has 0 unspecified atom stereocenters. The second-order valence-corrected chi connectivity index (χ2v) is 6.45. The lowest BCUT2D eigenvalue weighted by molar-refractivity contribution is -0.129. The zero-order valence-electron chi connectivity index (χ0n) is 16.4. The van der Waals surface area contributed by atoms with Crippen molar-refractivity contribution >= 4 is 17.5 Å². The Labute approximate surface area is 160 Å². The zero-order chi connectivity index (χ0) is 19.8. The number of rotatable bonds is 8. The largest absolute Gasteiger partial charge is 0.494 e. The van der Waals surface area contributed by atoms with E-state index in [1.54, 1.807) is 36.2 Å². The van der Waals surface area contributed by atoms with Crippen molar-refractivity contribution in [1.82, 2.24) is 10.2 Å². The Morgan fingerprint density at radius 3 is 2.15 bits per heavy atom. The van der Waals surface area contributed by atoms with Gasteiger partial charge >= 0.3 is 0 Å². The second-order valence-electron chi connectivity index (χ2n) is 6.45. The smallest absolute Gasteiger partial charge is 0.251 e. The molecule has 144 valence electrons. The van der Waals surface area contributed by atoms with Gasteiger partial charge in [0.2, 0.25) is 5.91 Å². The van der Waals surface area contributed by atoms with Crippen LogP contribution in [-0.4, -0.2) is 51.0 Å². The van der Waals surface area contributed by atoms with E-state index >= 15 is 0 Å². The highest BCUT2D eigenvalue weighted by atomic mass is 16.5. The maximum atomic E-state index is 12.3. The first-order valence-electron chi connectivity index (χ1n) is 8.92. The summed E-state index contributed by atoms with van der Waals surface area (Å²) in [6.45, 7) is 2.92. The van der Waals surface area contributed by atoms with Crippen LogP contribution in [-0.2, 0) is 11.3 Å². The van der Waals surface area contributed by atoms with E-state index in [9.17, 15) is 9.59 Å². The fourth-order valence-electron chi connectivity index (χ4n) is 2.52. The predicted octanol–water partition coefficient (Wildman–Crippen LogP) is 2.54. The van der Waals surface area contributed by atoms with Gasteiger partial charge < -0.3 is 19.9 Å². The molecule has 27 heavy (non-hydrogen) atoms. The lowest BCUT2D eigenvalue weighted by atomic mass is 10.2. The molecular weight excluding hydrogens is 342 g/mol. The Balaban J connectivity index is 1.84. The molecular formula is C21H27N3O3. The van der Waals surface area contributed by atoms with E-state index in [0.29, 0.717) is 24.5 Å². The van der Waals surface area contributed by atoms with Gasteiger partial charge in [-0.3, -0.25) is 9.59 Å². The molecule has 2 aromatic rings. The zero-order valence-corrected chi connectivity index (χ0v) is 16.4. The SMILES string of the molecule is CCOc1ccc(C(=O)NCC(=O)N(C)Cc2ccc(N(C)C)cc2)cc1. The van der Waals surface area contributed by atoms with Crippen LogP contribution in [0.25, 0.3) is 0 Å². The van der Waals surface area contributed by atoms with Crippen molar-refractivity contribution in [3.63, 3.8) is 0 Å². The van der Waals surface area contributed by atoms with Crippen molar-refractivity contribution in [2.24, 2.45) is 0 Å². The minimum Gasteiger partial charge on any atom is -0.494 e. The molecule has 2 aromatic carbocycles. The van der Waals surface area contributed by atoms with Gasteiger partial charge in [0.1, 0.15) is 5.75 Å². The molecule has 0 fully saturated rings. The maximum absolute atomic E-state index is 12.3. The van der Waals surface area contributed by atoms with E-state index in [4.69, 9.17) is 4.74 Å². The monoisotopic (exact) mass is 369 g/mol. The van der Waals surface area contributed by atoms with Gasteiger partial charge in [0.15, 0.2) is 0 Å². The van der Waals surface area contributed by atoms with Gasteiger partial charge in [-0.2, -0.15) is 0 Å². The van der Waals surface area contributed by atoms with Crippen molar-refractivity contribution in [2.45, 2.75) is 13.5 Å². The Morgan fingerprint density at radius 2 is 1.59 bits per heavy atom. The second kappa shape index (κ2) is 9.62. The highest BCUT2D eigenvalue weighted by molar-refractivity contribution is 5.96. The number of ether oxygens (including phenoxy) is 1. The van der Waals surface area contributed by atoms with E-state index < -0.39 is 0 Å². The van der Waals surface area contributed by atoms with Crippen LogP contribution in [0.1, 0.15) is 22.8 Å². The molecule has 0 aromatic heterocycles. The van der Waals surface area contributed by atoms with Gasteiger partial charge in [0.05, 0.1) is 13.2 Å². The highest BCUT2D eigenvalue weighted by Crippen LogP contribution is 2.14.